The number of piperazine rings is 1. The quantitative estimate of drug-likeness (QED) is 0.294. The predicted octanol–water partition coefficient (Wildman–Crippen LogP) is 5.72. The summed E-state index contributed by atoms with van der Waals surface area (Å²) in [5, 5.41) is 4.71. The molecule has 10 nitrogen and oxygen atoms in total. The number of Topliss-reactive ketones (excluding diaryl/α,β-unsaturated/α-hetero) is 1. The lowest BCUT2D eigenvalue weighted by Crippen LogP contribution is -2.70. The highest BCUT2D eigenvalue weighted by Crippen LogP contribution is 2.40. The molecular weight excluding hydrogens is 610 g/mol. The highest BCUT2D eigenvalue weighted by atomic mass is 35.5. The van der Waals surface area contributed by atoms with Crippen molar-refractivity contribution in [3.05, 3.63) is 43.8 Å². The zero-order valence-electron chi connectivity index (χ0n) is 24.3. The summed E-state index contributed by atoms with van der Waals surface area (Å²) in [5.41, 5.74) is -1.77. The number of halogens is 3. The number of anilines is 2. The van der Waals surface area contributed by atoms with E-state index >= 15 is 0 Å². The molecule has 1 saturated heterocycles. The number of nitrogens with one attached hydrogen (secondary N) is 2. The summed E-state index contributed by atoms with van der Waals surface area (Å²) >= 11 is 13.0. The van der Waals surface area contributed by atoms with E-state index in [2.05, 4.69) is 10.6 Å². The van der Waals surface area contributed by atoms with E-state index in [0.29, 0.717) is 10.6 Å². The van der Waals surface area contributed by atoms with Crippen molar-refractivity contribution in [3.63, 3.8) is 0 Å². The molecule has 0 bridgehead atoms. The minimum Gasteiger partial charge on any atom is -0.469 e. The molecule has 1 aliphatic heterocycles. The number of hydrogen-bond acceptors (Lipinski definition) is 7. The van der Waals surface area contributed by atoms with Gasteiger partial charge in [0.05, 0.1) is 39.8 Å². The average Bonchev–Trinajstić information content (AvgIpc) is 3.34. The van der Waals surface area contributed by atoms with E-state index in [1.54, 1.807) is 6.92 Å². The van der Waals surface area contributed by atoms with Crippen molar-refractivity contribution in [1.29, 1.82) is 0 Å². The fraction of sp³-hybridized carbons (Fsp3) is 0.464. The fourth-order valence-corrected chi connectivity index (χ4v) is 6.25. The van der Waals surface area contributed by atoms with E-state index < -0.39 is 53.0 Å². The number of hydrogen-bond donors (Lipinski definition) is 2. The van der Waals surface area contributed by atoms with Gasteiger partial charge in [-0.1, -0.05) is 44.0 Å². The Bertz CT molecular complexity index is 1440. The lowest BCUT2D eigenvalue weighted by Gasteiger charge is -2.50. The zero-order valence-corrected chi connectivity index (χ0v) is 26.6. The highest BCUT2D eigenvalue weighted by molar-refractivity contribution is 7.14. The molecule has 2 aromatic rings. The molecule has 0 radical (unpaired) electrons. The number of esters is 1. The van der Waals surface area contributed by atoms with Crippen molar-refractivity contribution in [2.75, 3.05) is 30.8 Å². The monoisotopic (exact) mass is 642 g/mol. The summed E-state index contributed by atoms with van der Waals surface area (Å²) in [4.78, 5) is 69.0. The van der Waals surface area contributed by atoms with Gasteiger partial charge in [0.2, 0.25) is 5.91 Å². The smallest absolute Gasteiger partial charge is 0.323 e. The standard InChI is InChI=1S/C28H33Cl2FN4O6S/c1-8-34-18(14(2)36)13-35(28(6,25(34)39)12-20(37)41-7)24(38)19-11-17(23(42-19)27(3,4)5)33-26(40)32-16-10-9-15(31)21(29)22(16)30/h9-11,18H,8,12-13H2,1-7H3,(H2,32,33,40). The highest BCUT2D eigenvalue weighted by Gasteiger charge is 2.53. The normalized spacial score (nSPS) is 19.0. The maximum Gasteiger partial charge on any atom is 0.323 e. The maximum atomic E-state index is 14.1. The molecular formula is C28H33Cl2FN4O6S. The molecule has 1 aromatic carbocycles. The Labute approximate surface area is 257 Å². The summed E-state index contributed by atoms with van der Waals surface area (Å²) in [5.74, 6) is -2.87. The third-order valence-corrected chi connectivity index (χ3v) is 9.38. The van der Waals surface area contributed by atoms with Gasteiger partial charge in [0.1, 0.15) is 17.4 Å². The van der Waals surface area contributed by atoms with Crippen LogP contribution in [0.25, 0.3) is 0 Å². The second-order valence-electron chi connectivity index (χ2n) is 11.1. The molecule has 2 heterocycles. The number of nitrogens with zero attached hydrogens (tertiary/aromatic N) is 2. The molecule has 1 fully saturated rings. The van der Waals surface area contributed by atoms with Crippen LogP contribution in [0.5, 0.6) is 0 Å². The third kappa shape index (κ3) is 6.55. The molecule has 0 spiro atoms. The number of ether oxygens (including phenoxy) is 1. The number of ketones is 1. The van der Waals surface area contributed by atoms with Crippen molar-refractivity contribution < 1.29 is 33.1 Å². The second kappa shape index (κ2) is 12.6. The molecule has 1 aromatic heterocycles. The van der Waals surface area contributed by atoms with Gasteiger partial charge in [-0.3, -0.25) is 19.2 Å². The summed E-state index contributed by atoms with van der Waals surface area (Å²) in [7, 11) is 1.19. The van der Waals surface area contributed by atoms with Gasteiger partial charge in [-0.05, 0) is 44.4 Å². The van der Waals surface area contributed by atoms with Crippen LogP contribution >= 0.6 is 34.5 Å². The third-order valence-electron chi connectivity index (χ3n) is 6.98. The molecule has 2 atom stereocenters. The van der Waals surface area contributed by atoms with E-state index in [9.17, 15) is 28.4 Å². The van der Waals surface area contributed by atoms with Crippen LogP contribution in [0.4, 0.5) is 20.6 Å². The topological polar surface area (TPSA) is 125 Å². The van der Waals surface area contributed by atoms with Gasteiger partial charge in [0.25, 0.3) is 5.91 Å². The number of benzene rings is 1. The molecule has 3 rings (SSSR count). The number of carbonyl (C=O) groups is 5. The van der Waals surface area contributed by atoms with Crippen LogP contribution in [0, 0.1) is 5.82 Å². The average molecular weight is 644 g/mol. The van der Waals surface area contributed by atoms with E-state index in [4.69, 9.17) is 27.9 Å². The molecule has 1 aliphatic rings. The first-order valence-corrected chi connectivity index (χ1v) is 14.6. The van der Waals surface area contributed by atoms with Crippen molar-refractivity contribution in [3.8, 4) is 0 Å². The van der Waals surface area contributed by atoms with Crippen LogP contribution in [0.3, 0.4) is 0 Å². The summed E-state index contributed by atoms with van der Waals surface area (Å²) in [6, 6.07) is 2.18. The van der Waals surface area contributed by atoms with Crippen LogP contribution in [-0.2, 0) is 24.5 Å². The summed E-state index contributed by atoms with van der Waals surface area (Å²) in [6.45, 7) is 10.3. The molecule has 4 amide bonds. The van der Waals surface area contributed by atoms with Gasteiger partial charge in [-0.25, -0.2) is 9.18 Å². The Balaban J connectivity index is 2.02. The number of amides is 4. The van der Waals surface area contributed by atoms with Gasteiger partial charge < -0.3 is 25.2 Å². The first kappa shape index (κ1) is 33.3. The molecule has 42 heavy (non-hydrogen) atoms. The summed E-state index contributed by atoms with van der Waals surface area (Å²) < 4.78 is 18.5. The number of urea groups is 1. The molecule has 0 saturated carbocycles. The van der Waals surface area contributed by atoms with Crippen molar-refractivity contribution in [2.24, 2.45) is 0 Å². The molecule has 0 aliphatic carbocycles. The van der Waals surface area contributed by atoms with Gasteiger partial charge in [-0.2, -0.15) is 0 Å². The first-order chi connectivity index (χ1) is 19.5. The number of likely N-dealkylation sites (N-methyl/N-ethyl adjacent to an activating group) is 1. The minimum absolute atomic E-state index is 0.0746. The minimum atomic E-state index is -1.62. The van der Waals surface area contributed by atoms with E-state index in [1.807, 2.05) is 20.8 Å². The Morgan fingerprint density at radius 1 is 1.14 bits per heavy atom. The molecule has 2 N–H and O–H groups in total. The molecule has 14 heteroatoms. The van der Waals surface area contributed by atoms with Gasteiger partial charge in [0, 0.05) is 18.0 Å². The summed E-state index contributed by atoms with van der Waals surface area (Å²) in [6.07, 6.45) is -0.415. The maximum absolute atomic E-state index is 14.1. The lowest BCUT2D eigenvalue weighted by atomic mass is 9.87. The lowest BCUT2D eigenvalue weighted by molar-refractivity contribution is -0.161. The molecule has 2 unspecified atom stereocenters. The number of methoxy groups -OCH3 is 1. The Kier molecular flexibility index (Phi) is 9.96. The van der Waals surface area contributed by atoms with Gasteiger partial charge >= 0.3 is 12.0 Å². The Hall–Kier alpha value is -3.22. The van der Waals surface area contributed by atoms with Crippen LogP contribution in [0.1, 0.15) is 62.5 Å². The number of thiophene rings is 1. The van der Waals surface area contributed by atoms with Gasteiger partial charge in [0.15, 0.2) is 5.78 Å². The van der Waals surface area contributed by atoms with E-state index in [1.165, 1.54) is 42.9 Å². The van der Waals surface area contributed by atoms with E-state index in [0.717, 1.165) is 17.4 Å². The zero-order chi connectivity index (χ0) is 31.7. The largest absolute Gasteiger partial charge is 0.469 e. The predicted molar refractivity (Wildman–Crippen MR) is 160 cm³/mol. The Morgan fingerprint density at radius 2 is 1.76 bits per heavy atom. The van der Waals surface area contributed by atoms with Crippen LogP contribution in [-0.4, -0.2) is 71.2 Å². The fourth-order valence-electron chi connectivity index (χ4n) is 4.76. The number of carbonyl (C=O) groups excluding carboxylic acids is 5. The van der Waals surface area contributed by atoms with Crippen molar-refractivity contribution in [1.82, 2.24) is 9.80 Å². The van der Waals surface area contributed by atoms with Gasteiger partial charge in [-0.15, -0.1) is 11.3 Å². The van der Waals surface area contributed by atoms with Crippen molar-refractivity contribution in [2.45, 2.75) is 65.0 Å². The van der Waals surface area contributed by atoms with Crippen LogP contribution in [0.2, 0.25) is 10.0 Å². The SMILES string of the molecule is CCN1C(=O)C(C)(CC(=O)OC)N(C(=O)c2cc(NC(=O)Nc3ccc(F)c(Cl)c3Cl)c(C(C)(C)C)s2)CC1C(C)=O. The number of rotatable bonds is 7. The van der Waals surface area contributed by atoms with Crippen molar-refractivity contribution >= 4 is 75.5 Å². The second-order valence-corrected chi connectivity index (χ2v) is 12.9. The molecule has 228 valence electrons. The van der Waals surface area contributed by atoms with Crippen LogP contribution < -0.4 is 10.6 Å². The first-order valence-electron chi connectivity index (χ1n) is 13.0. The Morgan fingerprint density at radius 3 is 2.31 bits per heavy atom. The van der Waals surface area contributed by atoms with Crippen LogP contribution in [0.15, 0.2) is 18.2 Å². The van der Waals surface area contributed by atoms with E-state index in [-0.39, 0.29) is 39.5 Å².